The molecule has 0 aromatic rings. The third kappa shape index (κ3) is 55.3. The summed E-state index contributed by atoms with van der Waals surface area (Å²) in [5.41, 5.74) is 0. The number of rotatable bonds is 52. The van der Waals surface area contributed by atoms with Gasteiger partial charge in [0.1, 0.15) is 13.2 Å². The maximum absolute atomic E-state index is 12.9. The van der Waals surface area contributed by atoms with Crippen LogP contribution in [0.1, 0.15) is 271 Å². The third-order valence-corrected chi connectivity index (χ3v) is 12.3. The number of carbonyl (C=O) groups excluding carboxylic acids is 3. The van der Waals surface area contributed by atoms with Crippen molar-refractivity contribution in [2.75, 3.05) is 13.2 Å². The van der Waals surface area contributed by atoms with Crippen LogP contribution in [-0.2, 0) is 28.6 Å². The van der Waals surface area contributed by atoms with E-state index in [9.17, 15) is 14.4 Å². The molecule has 0 N–H and O–H groups in total. The normalized spacial score (nSPS) is 12.8. The number of unbranched alkanes of at least 4 members (excludes halogenated alkanes) is 25. The van der Waals surface area contributed by atoms with Crippen LogP contribution in [0.3, 0.4) is 0 Å². The van der Waals surface area contributed by atoms with Crippen LogP contribution in [0, 0.1) is 0 Å². The highest BCUT2D eigenvalue weighted by molar-refractivity contribution is 5.71. The summed E-state index contributed by atoms with van der Waals surface area (Å²) in [5.74, 6) is -0.919. The maximum Gasteiger partial charge on any atom is 0.306 e. The molecule has 0 radical (unpaired) electrons. The molecule has 0 aliphatic rings. The molecule has 0 bridgehead atoms. The van der Waals surface area contributed by atoms with E-state index in [-0.39, 0.29) is 31.1 Å². The minimum atomic E-state index is -0.792. The van der Waals surface area contributed by atoms with Crippen molar-refractivity contribution >= 4 is 17.9 Å². The van der Waals surface area contributed by atoms with Crippen molar-refractivity contribution in [3.63, 3.8) is 0 Å². The Morgan fingerprint density at radius 2 is 0.557 bits per heavy atom. The molecule has 400 valence electrons. The van der Waals surface area contributed by atoms with Gasteiger partial charge >= 0.3 is 17.9 Å². The Morgan fingerprint density at radius 1 is 0.300 bits per heavy atom. The number of allylic oxidation sites excluding steroid dienone is 16. The molecule has 0 amide bonds. The number of carbonyl (C=O) groups is 3. The second kappa shape index (κ2) is 57.9. The number of ether oxygens (including phenoxy) is 3. The van der Waals surface area contributed by atoms with Crippen molar-refractivity contribution in [3.8, 4) is 0 Å². The summed E-state index contributed by atoms with van der Waals surface area (Å²) in [7, 11) is 0. The Kier molecular flexibility index (Phi) is 54.9. The van der Waals surface area contributed by atoms with Gasteiger partial charge in [-0.2, -0.15) is 0 Å². The second-order valence-corrected chi connectivity index (χ2v) is 19.2. The van der Waals surface area contributed by atoms with E-state index in [2.05, 4.69) is 118 Å². The molecule has 0 saturated carbocycles. The summed E-state index contributed by atoms with van der Waals surface area (Å²) in [6.07, 6.45) is 76.8. The minimum absolute atomic E-state index is 0.0884. The van der Waals surface area contributed by atoms with Crippen LogP contribution in [0.5, 0.6) is 0 Å². The van der Waals surface area contributed by atoms with Crippen LogP contribution in [0.15, 0.2) is 97.2 Å². The average Bonchev–Trinajstić information content (AvgIpc) is 3.36. The molecule has 0 aliphatic carbocycles. The van der Waals surface area contributed by atoms with Gasteiger partial charge < -0.3 is 14.2 Å². The van der Waals surface area contributed by atoms with E-state index in [1.54, 1.807) is 0 Å². The van der Waals surface area contributed by atoms with Gasteiger partial charge in [-0.15, -0.1) is 0 Å². The fourth-order valence-electron chi connectivity index (χ4n) is 7.95. The molecular formula is C64H108O6. The summed E-state index contributed by atoms with van der Waals surface area (Å²) < 4.78 is 16.8. The summed E-state index contributed by atoms with van der Waals surface area (Å²) in [6, 6.07) is 0. The fraction of sp³-hybridized carbons (Fsp3) is 0.703. The summed E-state index contributed by atoms with van der Waals surface area (Å²) >= 11 is 0. The smallest absolute Gasteiger partial charge is 0.306 e. The zero-order valence-corrected chi connectivity index (χ0v) is 45.8. The van der Waals surface area contributed by atoms with Gasteiger partial charge in [0.05, 0.1) is 0 Å². The van der Waals surface area contributed by atoms with Gasteiger partial charge in [-0.1, -0.05) is 246 Å². The molecule has 0 heterocycles. The highest BCUT2D eigenvalue weighted by atomic mass is 16.6. The molecule has 0 saturated heterocycles. The summed E-state index contributed by atoms with van der Waals surface area (Å²) in [5, 5.41) is 0. The van der Waals surface area contributed by atoms with Crippen LogP contribution < -0.4 is 0 Å². The van der Waals surface area contributed by atoms with Crippen LogP contribution in [0.4, 0.5) is 0 Å². The fourth-order valence-corrected chi connectivity index (χ4v) is 7.95. The molecule has 6 heteroatoms. The average molecular weight is 974 g/mol. The molecule has 0 fully saturated rings. The van der Waals surface area contributed by atoms with Crippen molar-refractivity contribution in [1.82, 2.24) is 0 Å². The molecule has 0 spiro atoms. The van der Waals surface area contributed by atoms with E-state index in [4.69, 9.17) is 14.2 Å². The monoisotopic (exact) mass is 973 g/mol. The Balaban J connectivity index is 4.38. The standard InChI is InChI=1S/C64H108O6/c1-4-7-10-13-16-19-22-24-26-28-30-32-34-36-38-40-42-45-48-51-54-57-63(66)69-60-61(59-68-62(65)56-53-50-47-44-21-18-15-12-9-6-3)70-64(67)58-55-52-49-46-43-41-39-37-35-33-31-29-27-25-23-20-17-14-11-8-5-2/h7,10,16,19,23-26,29-32,35-38,61H,4-6,8-9,11-15,17-18,20-22,27-28,33-34,39-60H2,1-3H3/b10-7-,19-16-,25-23-,26-24-,31-29-,32-30-,37-35-,38-36-. The maximum atomic E-state index is 12.9. The molecular weight excluding hydrogens is 865 g/mol. The molecule has 0 aromatic carbocycles. The lowest BCUT2D eigenvalue weighted by molar-refractivity contribution is -0.167. The third-order valence-electron chi connectivity index (χ3n) is 12.3. The van der Waals surface area contributed by atoms with E-state index < -0.39 is 6.10 Å². The van der Waals surface area contributed by atoms with Gasteiger partial charge in [-0.25, -0.2) is 0 Å². The first-order chi connectivity index (χ1) is 34.5. The van der Waals surface area contributed by atoms with E-state index in [0.29, 0.717) is 19.3 Å². The van der Waals surface area contributed by atoms with E-state index in [0.717, 1.165) is 135 Å². The first-order valence-electron chi connectivity index (χ1n) is 29.2. The quantitative estimate of drug-likeness (QED) is 0.0262. The van der Waals surface area contributed by atoms with Crippen molar-refractivity contribution in [1.29, 1.82) is 0 Å². The predicted molar refractivity (Wildman–Crippen MR) is 302 cm³/mol. The van der Waals surface area contributed by atoms with Crippen LogP contribution >= 0.6 is 0 Å². The van der Waals surface area contributed by atoms with Crippen LogP contribution in [-0.4, -0.2) is 37.2 Å². The van der Waals surface area contributed by atoms with Gasteiger partial charge in [-0.05, 0) is 103 Å². The SMILES string of the molecule is CC/C=C\C/C=C\C/C=C\C/C=C\C/C=C\CCCCCCCC(=O)OCC(COC(=O)CCCCCCCCCCCC)OC(=O)CCCCCCCC/C=C\C/C=C\C/C=C\CCCCCCC. The lowest BCUT2D eigenvalue weighted by Gasteiger charge is -2.18. The number of hydrogen-bond acceptors (Lipinski definition) is 6. The Morgan fingerprint density at radius 3 is 0.871 bits per heavy atom. The van der Waals surface area contributed by atoms with Gasteiger partial charge in [0.15, 0.2) is 6.10 Å². The highest BCUT2D eigenvalue weighted by Gasteiger charge is 2.19. The first-order valence-corrected chi connectivity index (χ1v) is 29.2. The van der Waals surface area contributed by atoms with Crippen molar-refractivity contribution in [2.24, 2.45) is 0 Å². The molecule has 1 unspecified atom stereocenters. The van der Waals surface area contributed by atoms with Gasteiger partial charge in [0.25, 0.3) is 0 Å². The molecule has 0 aromatic heterocycles. The first kappa shape index (κ1) is 66.3. The molecule has 0 rings (SSSR count). The van der Waals surface area contributed by atoms with Crippen molar-refractivity contribution in [2.45, 2.75) is 277 Å². The Labute approximate surface area is 432 Å². The molecule has 6 nitrogen and oxygen atoms in total. The summed E-state index contributed by atoms with van der Waals surface area (Å²) in [4.78, 5) is 38.1. The van der Waals surface area contributed by atoms with Crippen LogP contribution in [0.25, 0.3) is 0 Å². The zero-order valence-electron chi connectivity index (χ0n) is 45.8. The highest BCUT2D eigenvalue weighted by Crippen LogP contribution is 2.14. The van der Waals surface area contributed by atoms with Gasteiger partial charge in [0, 0.05) is 19.3 Å². The largest absolute Gasteiger partial charge is 0.462 e. The second-order valence-electron chi connectivity index (χ2n) is 19.2. The van der Waals surface area contributed by atoms with Gasteiger partial charge in [-0.3, -0.25) is 14.4 Å². The predicted octanol–water partition coefficient (Wildman–Crippen LogP) is 19.7. The molecule has 1 atom stereocenters. The lowest BCUT2D eigenvalue weighted by Crippen LogP contribution is -2.30. The van der Waals surface area contributed by atoms with E-state index in [1.165, 1.54) is 96.3 Å². The van der Waals surface area contributed by atoms with E-state index in [1.807, 2.05) is 0 Å². The Hall–Kier alpha value is -3.67. The van der Waals surface area contributed by atoms with Crippen LogP contribution in [0.2, 0.25) is 0 Å². The Bertz CT molecular complexity index is 1400. The topological polar surface area (TPSA) is 78.9 Å². The van der Waals surface area contributed by atoms with Gasteiger partial charge in [0.2, 0.25) is 0 Å². The molecule has 70 heavy (non-hydrogen) atoms. The zero-order chi connectivity index (χ0) is 50.7. The lowest BCUT2D eigenvalue weighted by atomic mass is 10.1. The van der Waals surface area contributed by atoms with Crippen molar-refractivity contribution < 1.29 is 28.6 Å². The number of esters is 3. The van der Waals surface area contributed by atoms with E-state index >= 15 is 0 Å². The van der Waals surface area contributed by atoms with Crippen molar-refractivity contribution in [3.05, 3.63) is 97.2 Å². The number of hydrogen-bond donors (Lipinski definition) is 0. The summed E-state index contributed by atoms with van der Waals surface area (Å²) in [6.45, 7) is 6.48. The minimum Gasteiger partial charge on any atom is -0.462 e. The molecule has 0 aliphatic heterocycles.